The summed E-state index contributed by atoms with van der Waals surface area (Å²) in [6, 6.07) is 0. The van der Waals surface area contributed by atoms with Crippen molar-refractivity contribution in [1.29, 1.82) is 0 Å². The normalized spacial score (nSPS) is 25.9. The van der Waals surface area contributed by atoms with Crippen molar-refractivity contribution in [2.45, 2.75) is 51.7 Å². The third-order valence-corrected chi connectivity index (χ3v) is 4.64. The number of carbonyl (C=O) groups is 3. The van der Waals surface area contributed by atoms with Crippen molar-refractivity contribution in [3.05, 3.63) is 11.5 Å². The molecule has 0 spiro atoms. The average molecular weight is 442 g/mol. The van der Waals surface area contributed by atoms with Crippen LogP contribution in [-0.2, 0) is 28.6 Å². The first-order valence-corrected chi connectivity index (χ1v) is 9.24. The number of ether oxygens (including phenoxy) is 3. The predicted molar refractivity (Wildman–Crippen MR) is 101 cm³/mol. The molecule has 0 aliphatic carbocycles. The van der Waals surface area contributed by atoms with Crippen LogP contribution >= 0.6 is 11.6 Å². The summed E-state index contributed by atoms with van der Waals surface area (Å²) in [6.45, 7) is 4.84. The molecule has 1 amide bonds. The fourth-order valence-electron chi connectivity index (χ4n) is 3.21. The van der Waals surface area contributed by atoms with Crippen molar-refractivity contribution in [3.8, 4) is 0 Å². The number of aliphatic hydroxyl groups is 1. The quantitative estimate of drug-likeness (QED) is 0.497. The van der Waals surface area contributed by atoms with Crippen molar-refractivity contribution < 1.29 is 33.7 Å². The van der Waals surface area contributed by atoms with Gasteiger partial charge in [-0.2, -0.15) is 9.97 Å². The van der Waals surface area contributed by atoms with Crippen LogP contribution < -0.4 is 5.32 Å². The van der Waals surface area contributed by atoms with Gasteiger partial charge < -0.3 is 19.3 Å². The Kier molecular flexibility index (Phi) is 5.92. The Hall–Kier alpha value is -2.83. The van der Waals surface area contributed by atoms with E-state index in [1.807, 2.05) is 0 Å². The molecule has 13 heteroatoms. The summed E-state index contributed by atoms with van der Waals surface area (Å²) < 4.78 is 17.5. The summed E-state index contributed by atoms with van der Waals surface area (Å²) in [5.41, 5.74) is -1.38. The van der Waals surface area contributed by atoms with E-state index in [1.54, 1.807) is 0 Å². The van der Waals surface area contributed by atoms with E-state index in [-0.39, 0.29) is 28.9 Å². The highest BCUT2D eigenvalue weighted by Crippen LogP contribution is 2.41. The third-order valence-electron chi connectivity index (χ3n) is 4.38. The van der Waals surface area contributed by atoms with Crippen molar-refractivity contribution in [3.63, 3.8) is 0 Å². The molecular formula is C17H20ClN5O7. The second-order valence-corrected chi connectivity index (χ2v) is 7.29. The molecular weight excluding hydrogens is 422 g/mol. The molecule has 0 aromatic carbocycles. The number of aromatic nitrogens is 4. The molecule has 0 saturated carbocycles. The van der Waals surface area contributed by atoms with Gasteiger partial charge in [-0.05, 0) is 6.92 Å². The molecule has 2 N–H and O–H groups in total. The van der Waals surface area contributed by atoms with Crippen LogP contribution in [-0.4, -0.2) is 66.9 Å². The van der Waals surface area contributed by atoms with Crippen LogP contribution in [0.3, 0.4) is 0 Å². The van der Waals surface area contributed by atoms with E-state index >= 15 is 0 Å². The number of esters is 2. The Labute approximate surface area is 175 Å². The molecule has 0 unspecified atom stereocenters. The molecule has 1 saturated heterocycles. The zero-order valence-corrected chi connectivity index (χ0v) is 17.3. The first-order valence-electron chi connectivity index (χ1n) is 8.86. The second-order valence-electron chi connectivity index (χ2n) is 6.93. The van der Waals surface area contributed by atoms with E-state index in [0.717, 1.165) is 0 Å². The molecule has 30 heavy (non-hydrogen) atoms. The number of nitrogens with one attached hydrogen (secondary N) is 1. The van der Waals surface area contributed by atoms with E-state index in [9.17, 15) is 19.5 Å². The summed E-state index contributed by atoms with van der Waals surface area (Å²) in [7, 11) is 0. The summed E-state index contributed by atoms with van der Waals surface area (Å²) in [5.74, 6) is -1.67. The summed E-state index contributed by atoms with van der Waals surface area (Å²) in [5, 5.41) is 13.6. The number of anilines is 1. The van der Waals surface area contributed by atoms with Gasteiger partial charge in [-0.3, -0.25) is 24.3 Å². The van der Waals surface area contributed by atoms with E-state index in [4.69, 9.17) is 25.8 Å². The number of hydrogen-bond donors (Lipinski definition) is 2. The number of halogens is 1. The lowest BCUT2D eigenvalue weighted by atomic mass is 9.96. The highest BCUT2D eigenvalue weighted by Gasteiger charge is 2.56. The van der Waals surface area contributed by atoms with E-state index in [2.05, 4.69) is 20.3 Å². The second kappa shape index (κ2) is 8.13. The van der Waals surface area contributed by atoms with E-state index in [1.165, 1.54) is 38.6 Å². The molecule has 3 heterocycles. The molecule has 2 aromatic rings. The number of rotatable bonds is 5. The van der Waals surface area contributed by atoms with Crippen molar-refractivity contribution in [1.82, 2.24) is 19.5 Å². The Balaban J connectivity index is 2.03. The van der Waals surface area contributed by atoms with Crippen LogP contribution in [0.25, 0.3) is 11.2 Å². The van der Waals surface area contributed by atoms with Crippen LogP contribution in [0, 0.1) is 0 Å². The van der Waals surface area contributed by atoms with Crippen molar-refractivity contribution in [2.24, 2.45) is 0 Å². The monoisotopic (exact) mass is 441 g/mol. The number of imidazole rings is 1. The maximum Gasteiger partial charge on any atom is 0.303 e. The lowest BCUT2D eigenvalue weighted by Gasteiger charge is -2.29. The molecule has 0 bridgehead atoms. The number of amides is 1. The summed E-state index contributed by atoms with van der Waals surface area (Å²) in [4.78, 5) is 46.4. The van der Waals surface area contributed by atoms with Gasteiger partial charge in [0, 0.05) is 20.8 Å². The third kappa shape index (κ3) is 4.20. The first kappa shape index (κ1) is 21.9. The van der Waals surface area contributed by atoms with Gasteiger partial charge in [-0.25, -0.2) is 4.98 Å². The van der Waals surface area contributed by atoms with Gasteiger partial charge in [0.15, 0.2) is 23.1 Å². The lowest BCUT2D eigenvalue weighted by Crippen LogP contribution is -2.47. The van der Waals surface area contributed by atoms with Crippen LogP contribution in [0.1, 0.15) is 33.9 Å². The molecule has 162 valence electrons. The largest absolute Gasteiger partial charge is 0.463 e. The van der Waals surface area contributed by atoms with Crippen LogP contribution in [0.2, 0.25) is 5.15 Å². The Bertz CT molecular complexity index is 1010. The average Bonchev–Trinajstić information content (AvgIpc) is 3.12. The van der Waals surface area contributed by atoms with E-state index in [0.29, 0.717) is 0 Å². The minimum Gasteiger partial charge on any atom is -0.463 e. The smallest absolute Gasteiger partial charge is 0.303 e. The standard InChI is InChI=1S/C17H20ClN5O7/c1-7(24)20-16-21-13(18)11-14(22-16)23(6-19-11)15-17(4,27)12(29-9(3)26)10(30-15)5-28-8(2)25/h6,10,12,15,27H,5H2,1-4H3,(H,20,21,22,24)/t10-,12-,15-,17+/m1/s1. The maximum absolute atomic E-state index is 11.6. The molecule has 0 radical (unpaired) electrons. The Morgan fingerprint density at radius 3 is 2.60 bits per heavy atom. The topological polar surface area (TPSA) is 155 Å². The van der Waals surface area contributed by atoms with Gasteiger partial charge in [-0.15, -0.1) is 0 Å². The SMILES string of the molecule is CC(=O)Nc1nc(Cl)c2ncn([C@@H]3O[C@H](COC(C)=O)[C@@H](OC(C)=O)[C@]3(C)O)c2n1. The van der Waals surface area contributed by atoms with Crippen LogP contribution in [0.15, 0.2) is 6.33 Å². The minimum absolute atomic E-state index is 0.0202. The Morgan fingerprint density at radius 1 is 1.30 bits per heavy atom. The van der Waals surface area contributed by atoms with Gasteiger partial charge >= 0.3 is 11.9 Å². The van der Waals surface area contributed by atoms with Gasteiger partial charge in [0.2, 0.25) is 11.9 Å². The minimum atomic E-state index is -1.75. The molecule has 2 aromatic heterocycles. The first-order chi connectivity index (χ1) is 14.0. The number of hydrogen-bond acceptors (Lipinski definition) is 10. The molecule has 1 aliphatic heterocycles. The molecule has 12 nitrogen and oxygen atoms in total. The van der Waals surface area contributed by atoms with Gasteiger partial charge in [0.1, 0.15) is 23.8 Å². The zero-order chi connectivity index (χ0) is 22.2. The number of carbonyl (C=O) groups excluding carboxylic acids is 3. The molecule has 1 aliphatic rings. The highest BCUT2D eigenvalue weighted by molar-refractivity contribution is 6.33. The van der Waals surface area contributed by atoms with E-state index < -0.39 is 41.9 Å². The highest BCUT2D eigenvalue weighted by atomic mass is 35.5. The van der Waals surface area contributed by atoms with Crippen molar-refractivity contribution >= 4 is 46.6 Å². The van der Waals surface area contributed by atoms with Crippen LogP contribution in [0.4, 0.5) is 5.95 Å². The molecule has 1 fully saturated rings. The maximum atomic E-state index is 11.6. The fourth-order valence-corrected chi connectivity index (χ4v) is 3.42. The van der Waals surface area contributed by atoms with Gasteiger partial charge in [0.25, 0.3) is 0 Å². The molecule has 3 rings (SSSR count). The predicted octanol–water partition coefficient (Wildman–Crippen LogP) is 0.581. The van der Waals surface area contributed by atoms with Crippen LogP contribution in [0.5, 0.6) is 0 Å². The van der Waals surface area contributed by atoms with Crippen molar-refractivity contribution in [2.75, 3.05) is 11.9 Å². The van der Waals surface area contributed by atoms with Gasteiger partial charge in [-0.1, -0.05) is 11.6 Å². The summed E-state index contributed by atoms with van der Waals surface area (Å²) in [6.07, 6.45) is -1.92. The Morgan fingerprint density at radius 2 is 2.00 bits per heavy atom. The fraction of sp³-hybridized carbons (Fsp3) is 0.529. The zero-order valence-electron chi connectivity index (χ0n) is 16.6. The summed E-state index contributed by atoms with van der Waals surface area (Å²) >= 11 is 6.14. The van der Waals surface area contributed by atoms with Gasteiger partial charge in [0.05, 0.1) is 6.33 Å². The number of fused-ring (bicyclic) bond motifs is 1. The number of nitrogens with zero attached hydrogens (tertiary/aromatic N) is 4. The lowest BCUT2D eigenvalue weighted by molar-refractivity contribution is -0.162. The molecule has 4 atom stereocenters.